The van der Waals surface area contributed by atoms with Gasteiger partial charge in [-0.3, -0.25) is 0 Å². The molecule has 0 bridgehead atoms. The Labute approximate surface area is 294 Å². The SMILES string of the molecule is c1ccc(Nc2ccc(-c3cc(-c4ccccc4)cc(-c4ccc(N(c5ccccc5)c5ccc(-c6ccccc6)cc5)cc4)c3)cc2)cc1. The lowest BCUT2D eigenvalue weighted by molar-refractivity contribution is 1.28. The van der Waals surface area contributed by atoms with Crippen molar-refractivity contribution in [3.8, 4) is 44.5 Å². The number of anilines is 5. The quantitative estimate of drug-likeness (QED) is 0.169. The molecule has 1 N–H and O–H groups in total. The minimum absolute atomic E-state index is 1.06. The standard InChI is InChI=1S/C48H36N2/c1-5-13-36(14-6-1)38-23-29-47(30-24-38)50(46-19-11-4-12-20-46)48-31-25-40(26-32-48)43-34-41(37-15-7-2-8-16-37)33-42(35-43)39-21-27-45(28-22-39)49-44-17-9-3-10-18-44/h1-35,49H. The van der Waals surface area contributed by atoms with Gasteiger partial charge in [0, 0.05) is 28.4 Å². The van der Waals surface area contributed by atoms with E-state index >= 15 is 0 Å². The lowest BCUT2D eigenvalue weighted by Crippen LogP contribution is -2.09. The molecule has 0 amide bonds. The largest absolute Gasteiger partial charge is 0.356 e. The molecule has 2 nitrogen and oxygen atoms in total. The van der Waals surface area contributed by atoms with Crippen LogP contribution in [0.2, 0.25) is 0 Å². The lowest BCUT2D eigenvalue weighted by Gasteiger charge is -2.26. The smallest absolute Gasteiger partial charge is 0.0462 e. The van der Waals surface area contributed by atoms with Crippen LogP contribution in [0.1, 0.15) is 0 Å². The molecule has 8 aromatic rings. The molecule has 8 aromatic carbocycles. The second-order valence-electron chi connectivity index (χ2n) is 12.4. The van der Waals surface area contributed by atoms with Crippen LogP contribution in [0.4, 0.5) is 28.4 Å². The van der Waals surface area contributed by atoms with Gasteiger partial charge in [0.25, 0.3) is 0 Å². The molecule has 50 heavy (non-hydrogen) atoms. The van der Waals surface area contributed by atoms with Crippen molar-refractivity contribution in [3.63, 3.8) is 0 Å². The van der Waals surface area contributed by atoms with Crippen molar-refractivity contribution in [2.75, 3.05) is 10.2 Å². The first-order chi connectivity index (χ1) is 24.8. The fourth-order valence-electron chi connectivity index (χ4n) is 6.45. The van der Waals surface area contributed by atoms with Gasteiger partial charge in [0.15, 0.2) is 0 Å². The van der Waals surface area contributed by atoms with Crippen molar-refractivity contribution in [2.45, 2.75) is 0 Å². The van der Waals surface area contributed by atoms with Gasteiger partial charge in [0.05, 0.1) is 0 Å². The van der Waals surface area contributed by atoms with Gasteiger partial charge >= 0.3 is 0 Å². The summed E-state index contributed by atoms with van der Waals surface area (Å²) in [5, 5.41) is 3.50. The van der Waals surface area contributed by atoms with E-state index < -0.39 is 0 Å². The van der Waals surface area contributed by atoms with Crippen LogP contribution >= 0.6 is 0 Å². The molecule has 0 atom stereocenters. The minimum atomic E-state index is 1.06. The van der Waals surface area contributed by atoms with Gasteiger partial charge < -0.3 is 10.2 Å². The highest BCUT2D eigenvalue weighted by molar-refractivity contribution is 5.84. The first-order valence-electron chi connectivity index (χ1n) is 17.0. The summed E-state index contributed by atoms with van der Waals surface area (Å²) in [6, 6.07) is 75.4. The molecule has 8 rings (SSSR count). The van der Waals surface area contributed by atoms with Crippen molar-refractivity contribution >= 4 is 28.4 Å². The van der Waals surface area contributed by atoms with Crippen LogP contribution in [0.25, 0.3) is 44.5 Å². The summed E-state index contributed by atoms with van der Waals surface area (Å²) in [6.45, 7) is 0. The van der Waals surface area contributed by atoms with E-state index in [1.165, 1.54) is 44.5 Å². The molecule has 0 aliphatic rings. The Balaban J connectivity index is 1.14. The van der Waals surface area contributed by atoms with E-state index in [0.717, 1.165) is 28.4 Å². The highest BCUT2D eigenvalue weighted by Crippen LogP contribution is 2.38. The zero-order valence-electron chi connectivity index (χ0n) is 27.7. The first kappa shape index (κ1) is 30.7. The maximum atomic E-state index is 3.50. The number of nitrogens with one attached hydrogen (secondary N) is 1. The zero-order chi connectivity index (χ0) is 33.5. The molecule has 0 aromatic heterocycles. The van der Waals surface area contributed by atoms with Crippen LogP contribution in [0, 0.1) is 0 Å². The molecule has 0 unspecified atom stereocenters. The second-order valence-corrected chi connectivity index (χ2v) is 12.4. The normalized spacial score (nSPS) is 10.8. The van der Waals surface area contributed by atoms with E-state index in [-0.39, 0.29) is 0 Å². The summed E-state index contributed by atoms with van der Waals surface area (Å²) >= 11 is 0. The summed E-state index contributed by atoms with van der Waals surface area (Å²) in [4.78, 5) is 2.31. The van der Waals surface area contributed by atoms with Gasteiger partial charge in [-0.1, -0.05) is 133 Å². The predicted octanol–water partition coefficient (Wildman–Crippen LogP) is 13.6. The summed E-state index contributed by atoms with van der Waals surface area (Å²) in [5.74, 6) is 0. The van der Waals surface area contributed by atoms with E-state index in [0.29, 0.717) is 0 Å². The molecule has 238 valence electrons. The third-order valence-electron chi connectivity index (χ3n) is 9.03. The fourth-order valence-corrected chi connectivity index (χ4v) is 6.45. The average molecular weight is 641 g/mol. The van der Waals surface area contributed by atoms with Crippen LogP contribution in [0.3, 0.4) is 0 Å². The van der Waals surface area contributed by atoms with Crippen LogP contribution in [0.5, 0.6) is 0 Å². The molecule has 0 saturated heterocycles. The van der Waals surface area contributed by atoms with Gasteiger partial charge in [0.1, 0.15) is 0 Å². The third kappa shape index (κ3) is 6.82. The molecule has 0 fully saturated rings. The van der Waals surface area contributed by atoms with E-state index in [1.54, 1.807) is 0 Å². The Hall–Kier alpha value is -6.64. The van der Waals surface area contributed by atoms with Gasteiger partial charge in [-0.05, 0) is 123 Å². The molecule has 0 aliphatic carbocycles. The Morgan fingerprint density at radius 1 is 0.240 bits per heavy atom. The summed E-state index contributed by atoms with van der Waals surface area (Å²) in [6.07, 6.45) is 0. The molecule has 0 radical (unpaired) electrons. The van der Waals surface area contributed by atoms with Gasteiger partial charge in [-0.2, -0.15) is 0 Å². The van der Waals surface area contributed by atoms with Crippen LogP contribution < -0.4 is 10.2 Å². The Bertz CT molecular complexity index is 2280. The number of nitrogens with zero attached hydrogens (tertiary/aromatic N) is 1. The van der Waals surface area contributed by atoms with Crippen molar-refractivity contribution in [2.24, 2.45) is 0 Å². The maximum Gasteiger partial charge on any atom is 0.0462 e. The minimum Gasteiger partial charge on any atom is -0.356 e. The average Bonchev–Trinajstić information content (AvgIpc) is 3.20. The number of hydrogen-bond acceptors (Lipinski definition) is 2. The van der Waals surface area contributed by atoms with Crippen LogP contribution in [0.15, 0.2) is 212 Å². The van der Waals surface area contributed by atoms with Gasteiger partial charge in [0.2, 0.25) is 0 Å². The van der Waals surface area contributed by atoms with Crippen molar-refractivity contribution in [3.05, 3.63) is 212 Å². The molecule has 0 heterocycles. The Morgan fingerprint density at radius 3 is 1.00 bits per heavy atom. The van der Waals surface area contributed by atoms with Gasteiger partial charge in [-0.15, -0.1) is 0 Å². The predicted molar refractivity (Wildman–Crippen MR) is 213 cm³/mol. The monoisotopic (exact) mass is 640 g/mol. The molecular weight excluding hydrogens is 605 g/mol. The zero-order valence-corrected chi connectivity index (χ0v) is 27.7. The summed E-state index contributed by atoms with van der Waals surface area (Å²) < 4.78 is 0. The summed E-state index contributed by atoms with van der Waals surface area (Å²) in [5.41, 5.74) is 15.0. The van der Waals surface area contributed by atoms with Crippen molar-refractivity contribution < 1.29 is 0 Å². The second kappa shape index (κ2) is 14.2. The van der Waals surface area contributed by atoms with E-state index in [4.69, 9.17) is 0 Å². The van der Waals surface area contributed by atoms with Crippen LogP contribution in [-0.4, -0.2) is 0 Å². The maximum absolute atomic E-state index is 3.50. The molecule has 0 aliphatic heterocycles. The Morgan fingerprint density at radius 2 is 0.540 bits per heavy atom. The van der Waals surface area contributed by atoms with E-state index in [2.05, 4.69) is 204 Å². The molecule has 0 spiro atoms. The molecule has 2 heteroatoms. The number of hydrogen-bond donors (Lipinski definition) is 1. The Kier molecular flexibility index (Phi) is 8.73. The topological polar surface area (TPSA) is 15.3 Å². The number of para-hydroxylation sites is 2. The third-order valence-corrected chi connectivity index (χ3v) is 9.03. The molecule has 0 saturated carbocycles. The first-order valence-corrected chi connectivity index (χ1v) is 17.0. The lowest BCUT2D eigenvalue weighted by atomic mass is 9.93. The van der Waals surface area contributed by atoms with Gasteiger partial charge in [-0.25, -0.2) is 0 Å². The highest BCUT2D eigenvalue weighted by atomic mass is 15.1. The molecular formula is C48H36N2. The van der Waals surface area contributed by atoms with Crippen molar-refractivity contribution in [1.82, 2.24) is 0 Å². The highest BCUT2D eigenvalue weighted by Gasteiger charge is 2.14. The van der Waals surface area contributed by atoms with Crippen molar-refractivity contribution in [1.29, 1.82) is 0 Å². The van der Waals surface area contributed by atoms with Crippen LogP contribution in [-0.2, 0) is 0 Å². The number of benzene rings is 8. The fraction of sp³-hybridized carbons (Fsp3) is 0. The number of rotatable bonds is 9. The summed E-state index contributed by atoms with van der Waals surface area (Å²) in [7, 11) is 0. The van der Waals surface area contributed by atoms with E-state index in [9.17, 15) is 0 Å². The van der Waals surface area contributed by atoms with E-state index in [1.807, 2.05) is 18.2 Å².